The molecule has 0 radical (unpaired) electrons. The molecule has 2 rings (SSSR count). The summed E-state index contributed by atoms with van der Waals surface area (Å²) in [5.41, 5.74) is 0.863. The van der Waals surface area contributed by atoms with Crippen LogP contribution in [-0.4, -0.2) is 25.3 Å². The summed E-state index contributed by atoms with van der Waals surface area (Å²) in [5, 5.41) is 0. The number of hydrogen-bond acceptors (Lipinski definition) is 2. The van der Waals surface area contributed by atoms with Crippen molar-refractivity contribution >= 4 is 10.0 Å². The number of sulfonamides is 1. The molecular formula is C16H23NO2S. The molecule has 1 fully saturated rings. The standard InChI is InChI=1S/C16H23NO2S/c1-2-3-5-11-16-12-8-13-17(16)20(18,19)14-15-9-6-4-7-10-15/h3-7,9-10,16H,2,8,11-14H2,1H3/b5-3+. The maximum Gasteiger partial charge on any atom is 0.218 e. The Bertz CT molecular complexity index is 537. The number of allylic oxidation sites excluding steroid dienone is 1. The van der Waals surface area contributed by atoms with E-state index in [1.54, 1.807) is 4.31 Å². The summed E-state index contributed by atoms with van der Waals surface area (Å²) in [6.07, 6.45) is 8.01. The molecule has 0 saturated carbocycles. The fraction of sp³-hybridized carbons (Fsp3) is 0.500. The van der Waals surface area contributed by atoms with E-state index in [4.69, 9.17) is 0 Å². The van der Waals surface area contributed by atoms with Gasteiger partial charge in [-0.05, 0) is 31.2 Å². The third-order valence-electron chi connectivity index (χ3n) is 3.68. The fourth-order valence-electron chi connectivity index (χ4n) is 2.70. The van der Waals surface area contributed by atoms with Crippen LogP contribution in [0.5, 0.6) is 0 Å². The van der Waals surface area contributed by atoms with Gasteiger partial charge in [0.05, 0.1) is 5.75 Å². The molecule has 1 aromatic rings. The van der Waals surface area contributed by atoms with Gasteiger partial charge in [-0.15, -0.1) is 0 Å². The molecule has 0 amide bonds. The van der Waals surface area contributed by atoms with E-state index >= 15 is 0 Å². The van der Waals surface area contributed by atoms with Crippen molar-refractivity contribution in [1.82, 2.24) is 4.31 Å². The predicted molar refractivity (Wildman–Crippen MR) is 82.8 cm³/mol. The molecule has 1 unspecified atom stereocenters. The normalized spacial score (nSPS) is 20.8. The van der Waals surface area contributed by atoms with Gasteiger partial charge in [0, 0.05) is 12.6 Å². The molecule has 1 aliphatic heterocycles. The van der Waals surface area contributed by atoms with Gasteiger partial charge in [-0.3, -0.25) is 0 Å². The van der Waals surface area contributed by atoms with Gasteiger partial charge in [0.25, 0.3) is 0 Å². The van der Waals surface area contributed by atoms with Gasteiger partial charge in [0.15, 0.2) is 0 Å². The maximum atomic E-state index is 12.5. The molecule has 0 bridgehead atoms. The average Bonchev–Trinajstić information content (AvgIpc) is 2.89. The minimum atomic E-state index is -3.20. The zero-order valence-corrected chi connectivity index (χ0v) is 12.8. The number of nitrogens with zero attached hydrogens (tertiary/aromatic N) is 1. The van der Waals surface area contributed by atoms with E-state index < -0.39 is 10.0 Å². The van der Waals surface area contributed by atoms with E-state index in [0.29, 0.717) is 6.54 Å². The lowest BCUT2D eigenvalue weighted by atomic mass is 10.1. The second-order valence-electron chi connectivity index (χ2n) is 5.26. The fourth-order valence-corrected chi connectivity index (χ4v) is 4.53. The third kappa shape index (κ3) is 3.93. The van der Waals surface area contributed by atoms with Crippen LogP contribution in [0, 0.1) is 0 Å². The zero-order valence-electron chi connectivity index (χ0n) is 12.0. The first-order valence-corrected chi connectivity index (χ1v) is 8.93. The molecule has 20 heavy (non-hydrogen) atoms. The van der Waals surface area contributed by atoms with Crippen LogP contribution >= 0.6 is 0 Å². The second-order valence-corrected chi connectivity index (χ2v) is 7.19. The highest BCUT2D eigenvalue weighted by atomic mass is 32.2. The zero-order chi connectivity index (χ0) is 14.4. The van der Waals surface area contributed by atoms with Gasteiger partial charge in [-0.1, -0.05) is 49.4 Å². The van der Waals surface area contributed by atoms with E-state index in [2.05, 4.69) is 19.1 Å². The Morgan fingerprint density at radius 2 is 2.00 bits per heavy atom. The van der Waals surface area contributed by atoms with Crippen LogP contribution in [0.25, 0.3) is 0 Å². The van der Waals surface area contributed by atoms with Gasteiger partial charge in [-0.2, -0.15) is 4.31 Å². The molecule has 4 heteroatoms. The minimum Gasteiger partial charge on any atom is -0.212 e. The third-order valence-corrected chi connectivity index (χ3v) is 5.58. The molecule has 1 atom stereocenters. The van der Waals surface area contributed by atoms with Crippen molar-refractivity contribution in [2.24, 2.45) is 0 Å². The van der Waals surface area contributed by atoms with E-state index in [0.717, 1.165) is 31.2 Å². The smallest absolute Gasteiger partial charge is 0.212 e. The lowest BCUT2D eigenvalue weighted by Crippen LogP contribution is -2.36. The van der Waals surface area contributed by atoms with Gasteiger partial charge in [-0.25, -0.2) is 8.42 Å². The molecule has 1 aliphatic rings. The molecule has 0 aliphatic carbocycles. The first-order valence-electron chi connectivity index (χ1n) is 7.32. The summed E-state index contributed by atoms with van der Waals surface area (Å²) in [6.45, 7) is 2.76. The first-order chi connectivity index (χ1) is 9.63. The van der Waals surface area contributed by atoms with Crippen LogP contribution in [0.3, 0.4) is 0 Å². The molecule has 1 aromatic carbocycles. The summed E-state index contributed by atoms with van der Waals surface area (Å²) in [4.78, 5) is 0. The van der Waals surface area contributed by atoms with Gasteiger partial charge in [0.2, 0.25) is 10.0 Å². The highest BCUT2D eigenvalue weighted by Gasteiger charge is 2.33. The second kappa shape index (κ2) is 7.04. The van der Waals surface area contributed by atoms with Crippen LogP contribution in [0.2, 0.25) is 0 Å². The Morgan fingerprint density at radius 1 is 1.25 bits per heavy atom. The summed E-state index contributed by atoms with van der Waals surface area (Å²) in [7, 11) is -3.20. The summed E-state index contributed by atoms with van der Waals surface area (Å²) >= 11 is 0. The predicted octanol–water partition coefficient (Wildman–Crippen LogP) is 3.34. The lowest BCUT2D eigenvalue weighted by Gasteiger charge is -2.23. The average molecular weight is 293 g/mol. The van der Waals surface area contributed by atoms with Crippen LogP contribution < -0.4 is 0 Å². The number of rotatable bonds is 6. The molecule has 0 spiro atoms. The van der Waals surface area contributed by atoms with Gasteiger partial charge < -0.3 is 0 Å². The number of benzene rings is 1. The van der Waals surface area contributed by atoms with E-state index in [9.17, 15) is 8.42 Å². The van der Waals surface area contributed by atoms with Crippen LogP contribution in [0.4, 0.5) is 0 Å². The van der Waals surface area contributed by atoms with Crippen LogP contribution in [0.1, 0.15) is 38.2 Å². The van der Waals surface area contributed by atoms with Crippen molar-refractivity contribution in [1.29, 1.82) is 0 Å². The Kier molecular flexibility index (Phi) is 5.38. The van der Waals surface area contributed by atoms with Crippen LogP contribution in [-0.2, 0) is 15.8 Å². The Hall–Kier alpha value is -1.13. The largest absolute Gasteiger partial charge is 0.218 e. The first kappa shape index (κ1) is 15.3. The van der Waals surface area contributed by atoms with Crippen molar-refractivity contribution in [3.8, 4) is 0 Å². The van der Waals surface area contributed by atoms with E-state index in [1.807, 2.05) is 30.3 Å². The lowest BCUT2D eigenvalue weighted by molar-refractivity contribution is 0.389. The monoisotopic (exact) mass is 293 g/mol. The number of hydrogen-bond donors (Lipinski definition) is 0. The summed E-state index contributed by atoms with van der Waals surface area (Å²) < 4.78 is 26.8. The topological polar surface area (TPSA) is 37.4 Å². The SMILES string of the molecule is CC/C=C/CC1CCCN1S(=O)(=O)Cc1ccccc1. The minimum absolute atomic E-state index is 0.113. The summed E-state index contributed by atoms with van der Waals surface area (Å²) in [5.74, 6) is 0.113. The van der Waals surface area contributed by atoms with Crippen molar-refractivity contribution in [3.05, 3.63) is 48.0 Å². The molecular weight excluding hydrogens is 270 g/mol. The van der Waals surface area contributed by atoms with E-state index in [-0.39, 0.29) is 11.8 Å². The Morgan fingerprint density at radius 3 is 2.70 bits per heavy atom. The highest BCUT2D eigenvalue weighted by molar-refractivity contribution is 7.88. The molecule has 1 heterocycles. The Balaban J connectivity index is 2.06. The molecule has 0 aromatic heterocycles. The molecule has 110 valence electrons. The Labute approximate surface area is 122 Å². The van der Waals surface area contributed by atoms with Crippen molar-refractivity contribution in [2.75, 3.05) is 6.54 Å². The van der Waals surface area contributed by atoms with Crippen molar-refractivity contribution in [2.45, 2.75) is 44.4 Å². The molecule has 1 saturated heterocycles. The highest BCUT2D eigenvalue weighted by Crippen LogP contribution is 2.25. The van der Waals surface area contributed by atoms with Gasteiger partial charge >= 0.3 is 0 Å². The quantitative estimate of drug-likeness (QED) is 0.754. The molecule has 3 nitrogen and oxygen atoms in total. The molecule has 0 N–H and O–H groups in total. The van der Waals surface area contributed by atoms with Crippen LogP contribution in [0.15, 0.2) is 42.5 Å². The van der Waals surface area contributed by atoms with E-state index in [1.165, 1.54) is 0 Å². The summed E-state index contributed by atoms with van der Waals surface area (Å²) in [6, 6.07) is 9.57. The maximum absolute atomic E-state index is 12.5. The van der Waals surface area contributed by atoms with Crippen molar-refractivity contribution < 1.29 is 8.42 Å². The van der Waals surface area contributed by atoms with Crippen molar-refractivity contribution in [3.63, 3.8) is 0 Å². The van der Waals surface area contributed by atoms with Gasteiger partial charge in [0.1, 0.15) is 0 Å².